The first-order chi connectivity index (χ1) is 7.50. The van der Waals surface area contributed by atoms with Crippen LogP contribution < -0.4 is 4.90 Å². The second-order valence-corrected chi connectivity index (χ2v) is 4.91. The van der Waals surface area contributed by atoms with E-state index < -0.39 is 0 Å². The van der Waals surface area contributed by atoms with Gasteiger partial charge in [-0.25, -0.2) is 14.7 Å². The van der Waals surface area contributed by atoms with Crippen molar-refractivity contribution in [3.8, 4) is 0 Å². The zero-order valence-corrected chi connectivity index (χ0v) is 10.2. The van der Waals surface area contributed by atoms with Gasteiger partial charge < -0.3 is 4.90 Å². The summed E-state index contributed by atoms with van der Waals surface area (Å²) in [6, 6.07) is -0.297. The molecule has 16 heavy (non-hydrogen) atoms. The fourth-order valence-electron chi connectivity index (χ4n) is 1.45. The fourth-order valence-corrected chi connectivity index (χ4v) is 2.45. The lowest BCUT2D eigenvalue weighted by Crippen LogP contribution is -2.31. The fraction of sp³-hybridized carbons (Fsp3) is 0.500. The van der Waals surface area contributed by atoms with Crippen LogP contribution >= 0.6 is 11.3 Å². The number of imide groups is 1. The average Bonchev–Trinajstić information content (AvgIpc) is 2.74. The summed E-state index contributed by atoms with van der Waals surface area (Å²) in [4.78, 5) is 30.1. The van der Waals surface area contributed by atoms with Gasteiger partial charge in [-0.05, 0) is 5.92 Å². The number of anilines is 1. The molecule has 0 bridgehead atoms. The van der Waals surface area contributed by atoms with E-state index in [9.17, 15) is 9.59 Å². The van der Waals surface area contributed by atoms with E-state index in [4.69, 9.17) is 0 Å². The first-order valence-corrected chi connectivity index (χ1v) is 5.92. The highest BCUT2D eigenvalue weighted by atomic mass is 32.1. The van der Waals surface area contributed by atoms with Crippen molar-refractivity contribution in [1.29, 1.82) is 0 Å². The molecule has 0 radical (unpaired) electrons. The summed E-state index contributed by atoms with van der Waals surface area (Å²) in [5.74, 6) is 0.0905. The van der Waals surface area contributed by atoms with Crippen LogP contribution in [0.25, 0.3) is 0 Å². The van der Waals surface area contributed by atoms with Gasteiger partial charge in [-0.1, -0.05) is 13.8 Å². The number of carbonyl (C=O) groups is 2. The van der Waals surface area contributed by atoms with Crippen LogP contribution in [0.3, 0.4) is 0 Å². The third-order valence-corrected chi connectivity index (χ3v) is 3.28. The molecular weight excluding hydrogens is 226 g/mol. The normalized spacial score (nSPS) is 16.8. The van der Waals surface area contributed by atoms with Gasteiger partial charge in [-0.2, -0.15) is 0 Å². The maximum atomic E-state index is 11.7. The molecule has 2 heterocycles. The van der Waals surface area contributed by atoms with Gasteiger partial charge in [0.2, 0.25) is 5.13 Å². The van der Waals surface area contributed by atoms with Crippen molar-refractivity contribution >= 4 is 28.4 Å². The number of aromatic nitrogens is 1. The molecule has 86 valence electrons. The number of rotatable bonds is 2. The van der Waals surface area contributed by atoms with Crippen LogP contribution in [0.15, 0.2) is 5.38 Å². The molecule has 0 saturated carbocycles. The second-order valence-electron chi connectivity index (χ2n) is 4.08. The number of hydrogen-bond donors (Lipinski definition) is 0. The minimum absolute atomic E-state index is 0.134. The molecule has 0 aromatic carbocycles. The van der Waals surface area contributed by atoms with Gasteiger partial charge in [0.05, 0.1) is 5.69 Å². The zero-order valence-electron chi connectivity index (χ0n) is 9.43. The standard InChI is InChI=1S/C10H13N3O2S/c1-6(2)7-5-16-9(11-7)13-8(14)4-12(3)10(13)15/h5-6H,4H2,1-3H3. The summed E-state index contributed by atoms with van der Waals surface area (Å²) >= 11 is 1.33. The molecule has 2 rings (SSSR count). The van der Waals surface area contributed by atoms with Crippen molar-refractivity contribution in [3.05, 3.63) is 11.1 Å². The Balaban J connectivity index is 2.30. The molecule has 0 N–H and O–H groups in total. The van der Waals surface area contributed by atoms with E-state index in [1.807, 2.05) is 19.2 Å². The van der Waals surface area contributed by atoms with Gasteiger partial charge in [0.1, 0.15) is 6.54 Å². The van der Waals surface area contributed by atoms with Crippen LogP contribution in [0.1, 0.15) is 25.5 Å². The quantitative estimate of drug-likeness (QED) is 0.738. The topological polar surface area (TPSA) is 53.5 Å². The molecule has 0 atom stereocenters. The van der Waals surface area contributed by atoms with Crippen LogP contribution in [0.5, 0.6) is 0 Å². The SMILES string of the molecule is CC(C)c1csc(N2C(=O)CN(C)C2=O)n1. The van der Waals surface area contributed by atoms with Crippen molar-refractivity contribution in [3.63, 3.8) is 0 Å². The van der Waals surface area contributed by atoms with E-state index in [1.54, 1.807) is 7.05 Å². The lowest BCUT2D eigenvalue weighted by atomic mass is 10.2. The molecule has 1 saturated heterocycles. The summed E-state index contributed by atoms with van der Waals surface area (Å²) < 4.78 is 0. The van der Waals surface area contributed by atoms with Crippen LogP contribution in [0.4, 0.5) is 9.93 Å². The Morgan fingerprint density at radius 1 is 1.44 bits per heavy atom. The van der Waals surface area contributed by atoms with Crippen molar-refractivity contribution < 1.29 is 9.59 Å². The number of thiazole rings is 1. The average molecular weight is 239 g/mol. The van der Waals surface area contributed by atoms with Crippen molar-refractivity contribution in [2.24, 2.45) is 0 Å². The van der Waals surface area contributed by atoms with Crippen molar-refractivity contribution in [1.82, 2.24) is 9.88 Å². The van der Waals surface area contributed by atoms with Gasteiger partial charge >= 0.3 is 6.03 Å². The third-order valence-electron chi connectivity index (χ3n) is 2.43. The Morgan fingerprint density at radius 2 is 2.12 bits per heavy atom. The predicted octanol–water partition coefficient (Wildman–Crippen LogP) is 1.66. The minimum Gasteiger partial charge on any atom is -0.318 e. The van der Waals surface area contributed by atoms with E-state index in [2.05, 4.69) is 4.98 Å². The van der Waals surface area contributed by atoms with Crippen molar-refractivity contribution in [2.75, 3.05) is 18.5 Å². The van der Waals surface area contributed by atoms with Gasteiger partial charge in [-0.3, -0.25) is 4.79 Å². The number of amides is 3. The number of urea groups is 1. The van der Waals surface area contributed by atoms with Gasteiger partial charge in [0.15, 0.2) is 0 Å². The Morgan fingerprint density at radius 3 is 2.56 bits per heavy atom. The molecule has 1 aliphatic rings. The predicted molar refractivity (Wildman–Crippen MR) is 61.7 cm³/mol. The first-order valence-electron chi connectivity index (χ1n) is 5.04. The van der Waals surface area contributed by atoms with E-state index in [1.165, 1.54) is 16.2 Å². The molecule has 1 aliphatic heterocycles. The number of nitrogens with zero attached hydrogens (tertiary/aromatic N) is 3. The van der Waals surface area contributed by atoms with Gasteiger partial charge in [0.25, 0.3) is 5.91 Å². The summed E-state index contributed by atoms with van der Waals surface area (Å²) in [6.45, 7) is 4.19. The van der Waals surface area contributed by atoms with Crippen LogP contribution in [0, 0.1) is 0 Å². The third kappa shape index (κ3) is 1.69. The smallest absolute Gasteiger partial charge is 0.318 e. The zero-order chi connectivity index (χ0) is 11.9. The monoisotopic (exact) mass is 239 g/mol. The summed E-state index contributed by atoms with van der Waals surface area (Å²) in [5, 5.41) is 2.36. The van der Waals surface area contributed by atoms with E-state index in [-0.39, 0.29) is 18.5 Å². The Kier molecular flexibility index (Phi) is 2.67. The highest BCUT2D eigenvalue weighted by molar-refractivity contribution is 7.14. The lowest BCUT2D eigenvalue weighted by Gasteiger charge is -2.09. The molecule has 1 aromatic rings. The number of hydrogen-bond acceptors (Lipinski definition) is 4. The Labute approximate surface area is 97.7 Å². The molecule has 3 amide bonds. The van der Waals surface area contributed by atoms with Crippen LogP contribution in [-0.4, -0.2) is 35.4 Å². The summed E-state index contributed by atoms with van der Waals surface area (Å²) in [6.07, 6.45) is 0. The molecule has 1 fully saturated rings. The number of carbonyl (C=O) groups excluding carboxylic acids is 2. The minimum atomic E-state index is -0.297. The van der Waals surface area contributed by atoms with E-state index in [0.717, 1.165) is 10.6 Å². The highest BCUT2D eigenvalue weighted by Gasteiger charge is 2.36. The lowest BCUT2D eigenvalue weighted by molar-refractivity contribution is -0.116. The van der Waals surface area contributed by atoms with Crippen LogP contribution in [-0.2, 0) is 4.79 Å². The summed E-state index contributed by atoms with van der Waals surface area (Å²) in [7, 11) is 1.61. The second kappa shape index (κ2) is 3.86. The Bertz CT molecular complexity index is 441. The summed E-state index contributed by atoms with van der Waals surface area (Å²) in [5.41, 5.74) is 0.912. The number of likely N-dealkylation sites (N-methyl/N-ethyl adjacent to an activating group) is 1. The highest BCUT2D eigenvalue weighted by Crippen LogP contribution is 2.27. The molecule has 1 aromatic heterocycles. The van der Waals surface area contributed by atoms with Gasteiger partial charge in [-0.15, -0.1) is 11.3 Å². The molecule has 0 aliphatic carbocycles. The van der Waals surface area contributed by atoms with Crippen molar-refractivity contribution in [2.45, 2.75) is 19.8 Å². The van der Waals surface area contributed by atoms with Gasteiger partial charge in [0, 0.05) is 12.4 Å². The molecule has 0 unspecified atom stereocenters. The Hall–Kier alpha value is -1.43. The molecule has 6 heteroatoms. The largest absolute Gasteiger partial charge is 0.333 e. The molecule has 5 nitrogen and oxygen atoms in total. The maximum Gasteiger partial charge on any atom is 0.333 e. The van der Waals surface area contributed by atoms with E-state index in [0.29, 0.717) is 11.0 Å². The molecular formula is C10H13N3O2S. The molecule has 0 spiro atoms. The van der Waals surface area contributed by atoms with E-state index >= 15 is 0 Å². The first kappa shape index (κ1) is 11.1. The van der Waals surface area contributed by atoms with Crippen LogP contribution in [0.2, 0.25) is 0 Å². The maximum absolute atomic E-state index is 11.7.